The van der Waals surface area contributed by atoms with E-state index in [0.29, 0.717) is 5.69 Å². The van der Waals surface area contributed by atoms with Gasteiger partial charge in [0.2, 0.25) is 0 Å². The van der Waals surface area contributed by atoms with Crippen molar-refractivity contribution in [1.82, 2.24) is 0 Å². The van der Waals surface area contributed by atoms with E-state index in [1.54, 1.807) is 0 Å². The number of nitrogens with one attached hydrogen (secondary N) is 1. The molecular weight excluding hydrogens is 206 g/mol. The fourth-order valence-corrected chi connectivity index (χ4v) is 1.06. The predicted octanol–water partition coefficient (Wildman–Crippen LogP) is 1.64. The molecule has 82 valence electrons. The number of alkyl halides is 2. The number of aromatic carboxylic acids is 1. The summed E-state index contributed by atoms with van der Waals surface area (Å²) >= 11 is 0. The van der Waals surface area contributed by atoms with Crippen LogP contribution in [0.1, 0.15) is 10.4 Å². The van der Waals surface area contributed by atoms with Crippen molar-refractivity contribution < 1.29 is 18.7 Å². The molecule has 0 spiro atoms. The number of halogens is 2. The van der Waals surface area contributed by atoms with E-state index in [4.69, 9.17) is 10.8 Å². The van der Waals surface area contributed by atoms with Gasteiger partial charge in [0.15, 0.2) is 0 Å². The quantitative estimate of drug-likeness (QED) is 0.669. The topological polar surface area (TPSA) is 75.3 Å². The lowest BCUT2D eigenvalue weighted by atomic mass is 10.1. The third-order valence-electron chi connectivity index (χ3n) is 1.74. The van der Waals surface area contributed by atoms with Crippen molar-refractivity contribution in [2.75, 3.05) is 17.6 Å². The van der Waals surface area contributed by atoms with E-state index >= 15 is 0 Å². The van der Waals surface area contributed by atoms with Crippen LogP contribution in [0.15, 0.2) is 18.2 Å². The molecule has 0 radical (unpaired) electrons. The normalized spacial score (nSPS) is 10.3. The van der Waals surface area contributed by atoms with Crippen molar-refractivity contribution in [3.63, 3.8) is 0 Å². The average molecular weight is 216 g/mol. The highest BCUT2D eigenvalue weighted by molar-refractivity contribution is 5.94. The number of nitrogens with two attached hydrogens (primary N) is 1. The van der Waals surface area contributed by atoms with Crippen molar-refractivity contribution in [3.8, 4) is 0 Å². The summed E-state index contributed by atoms with van der Waals surface area (Å²) in [6.07, 6.45) is -2.47. The second-order valence-corrected chi connectivity index (χ2v) is 2.88. The molecule has 4 nitrogen and oxygen atoms in total. The Hall–Kier alpha value is -1.85. The maximum atomic E-state index is 11.8. The average Bonchev–Trinajstić information content (AvgIpc) is 2.14. The summed E-state index contributed by atoms with van der Waals surface area (Å²) in [5.74, 6) is -1.15. The molecule has 0 saturated heterocycles. The fraction of sp³-hybridized carbons (Fsp3) is 0.222. The van der Waals surface area contributed by atoms with Gasteiger partial charge in [-0.2, -0.15) is 0 Å². The minimum absolute atomic E-state index is 0.0433. The largest absolute Gasteiger partial charge is 0.478 e. The molecule has 0 aromatic heterocycles. The lowest BCUT2D eigenvalue weighted by molar-refractivity contribution is 0.0698. The Balaban J connectivity index is 2.78. The fourth-order valence-electron chi connectivity index (χ4n) is 1.06. The molecular formula is C9H10F2N2O2. The molecule has 0 bridgehead atoms. The van der Waals surface area contributed by atoms with E-state index in [-0.39, 0.29) is 11.3 Å². The summed E-state index contributed by atoms with van der Waals surface area (Å²) in [6, 6.07) is 3.97. The van der Waals surface area contributed by atoms with Gasteiger partial charge in [-0.3, -0.25) is 0 Å². The number of carboxylic acid groups (broad SMARTS) is 1. The number of rotatable bonds is 4. The van der Waals surface area contributed by atoms with Crippen molar-refractivity contribution in [1.29, 1.82) is 0 Å². The first-order valence-electron chi connectivity index (χ1n) is 4.15. The molecule has 0 fully saturated rings. The zero-order chi connectivity index (χ0) is 11.4. The number of hydrogen-bond donors (Lipinski definition) is 3. The standard InChI is InChI=1S/C9H10F2N2O2/c10-8(11)4-13-5-1-2-6(9(14)15)7(12)3-5/h1-3,8,13H,4,12H2,(H,14,15). The maximum absolute atomic E-state index is 11.8. The summed E-state index contributed by atoms with van der Waals surface area (Å²) in [7, 11) is 0. The molecule has 6 heteroatoms. The highest BCUT2D eigenvalue weighted by Gasteiger charge is 2.08. The Labute approximate surface area is 84.7 Å². The molecule has 1 aromatic carbocycles. The van der Waals surface area contributed by atoms with Crippen LogP contribution in [0.25, 0.3) is 0 Å². The zero-order valence-electron chi connectivity index (χ0n) is 7.71. The molecule has 0 atom stereocenters. The Kier molecular flexibility index (Phi) is 3.43. The van der Waals surface area contributed by atoms with Gasteiger partial charge in [0.1, 0.15) is 0 Å². The molecule has 4 N–H and O–H groups in total. The number of nitrogen functional groups attached to an aromatic ring is 1. The molecule has 15 heavy (non-hydrogen) atoms. The Morgan fingerprint density at radius 2 is 2.20 bits per heavy atom. The number of carboxylic acids is 1. The van der Waals surface area contributed by atoms with Crippen LogP contribution in [0.2, 0.25) is 0 Å². The zero-order valence-corrected chi connectivity index (χ0v) is 7.71. The Morgan fingerprint density at radius 3 is 2.67 bits per heavy atom. The van der Waals surface area contributed by atoms with E-state index < -0.39 is 18.9 Å². The van der Waals surface area contributed by atoms with Crippen LogP contribution in [-0.4, -0.2) is 24.0 Å². The first kappa shape index (κ1) is 11.2. The van der Waals surface area contributed by atoms with Crippen molar-refractivity contribution >= 4 is 17.3 Å². The van der Waals surface area contributed by atoms with E-state index in [0.717, 1.165) is 0 Å². The first-order chi connectivity index (χ1) is 7.00. The second-order valence-electron chi connectivity index (χ2n) is 2.88. The number of anilines is 2. The maximum Gasteiger partial charge on any atom is 0.337 e. The van der Waals surface area contributed by atoms with Crippen molar-refractivity contribution in [3.05, 3.63) is 23.8 Å². The van der Waals surface area contributed by atoms with E-state index in [1.807, 2.05) is 0 Å². The summed E-state index contributed by atoms with van der Waals surface area (Å²) < 4.78 is 23.7. The van der Waals surface area contributed by atoms with Crippen LogP contribution in [0.3, 0.4) is 0 Å². The number of benzene rings is 1. The van der Waals surface area contributed by atoms with Gasteiger partial charge in [-0.25, -0.2) is 13.6 Å². The van der Waals surface area contributed by atoms with E-state index in [2.05, 4.69) is 5.32 Å². The molecule has 1 rings (SSSR count). The smallest absolute Gasteiger partial charge is 0.337 e. The van der Waals surface area contributed by atoms with Gasteiger partial charge in [0.25, 0.3) is 6.43 Å². The van der Waals surface area contributed by atoms with Gasteiger partial charge in [-0.1, -0.05) is 0 Å². The van der Waals surface area contributed by atoms with Crippen LogP contribution in [0, 0.1) is 0 Å². The molecule has 0 aliphatic heterocycles. The van der Waals surface area contributed by atoms with Crippen LogP contribution < -0.4 is 11.1 Å². The molecule has 0 aliphatic carbocycles. The highest BCUT2D eigenvalue weighted by Crippen LogP contribution is 2.18. The molecule has 0 heterocycles. The summed E-state index contributed by atoms with van der Waals surface area (Å²) in [6.45, 7) is -0.494. The molecule has 0 aliphatic rings. The monoisotopic (exact) mass is 216 g/mol. The third kappa shape index (κ3) is 3.08. The Morgan fingerprint density at radius 1 is 1.53 bits per heavy atom. The second kappa shape index (κ2) is 4.59. The van der Waals surface area contributed by atoms with Crippen LogP contribution in [0.5, 0.6) is 0 Å². The van der Waals surface area contributed by atoms with Gasteiger partial charge in [0.05, 0.1) is 12.1 Å². The van der Waals surface area contributed by atoms with Gasteiger partial charge < -0.3 is 16.2 Å². The molecule has 0 amide bonds. The van der Waals surface area contributed by atoms with Crippen LogP contribution in [-0.2, 0) is 0 Å². The first-order valence-corrected chi connectivity index (χ1v) is 4.15. The number of carbonyl (C=O) groups is 1. The van der Waals surface area contributed by atoms with Crippen molar-refractivity contribution in [2.24, 2.45) is 0 Å². The third-order valence-corrected chi connectivity index (χ3v) is 1.74. The molecule has 1 aromatic rings. The van der Waals surface area contributed by atoms with Gasteiger partial charge in [-0.15, -0.1) is 0 Å². The minimum atomic E-state index is -2.47. The van der Waals surface area contributed by atoms with Gasteiger partial charge >= 0.3 is 5.97 Å². The van der Waals surface area contributed by atoms with Gasteiger partial charge in [0, 0.05) is 11.4 Å². The summed E-state index contributed by atoms with van der Waals surface area (Å²) in [5, 5.41) is 11.1. The van der Waals surface area contributed by atoms with E-state index in [1.165, 1.54) is 18.2 Å². The number of hydrogen-bond acceptors (Lipinski definition) is 3. The lowest BCUT2D eigenvalue weighted by Gasteiger charge is -2.07. The van der Waals surface area contributed by atoms with Crippen molar-refractivity contribution in [2.45, 2.75) is 6.43 Å². The summed E-state index contributed by atoms with van der Waals surface area (Å²) in [5.41, 5.74) is 5.79. The molecule has 0 saturated carbocycles. The Bertz CT molecular complexity index is 369. The lowest BCUT2D eigenvalue weighted by Crippen LogP contribution is -2.11. The van der Waals surface area contributed by atoms with Gasteiger partial charge in [-0.05, 0) is 18.2 Å². The SMILES string of the molecule is Nc1cc(NCC(F)F)ccc1C(=O)O. The predicted molar refractivity (Wildman–Crippen MR) is 52.3 cm³/mol. The molecule has 0 unspecified atom stereocenters. The van der Waals surface area contributed by atoms with E-state index in [9.17, 15) is 13.6 Å². The summed E-state index contributed by atoms with van der Waals surface area (Å²) in [4.78, 5) is 10.6. The minimum Gasteiger partial charge on any atom is -0.478 e. The van der Waals surface area contributed by atoms with Crippen LogP contribution >= 0.6 is 0 Å². The van der Waals surface area contributed by atoms with Crippen LogP contribution in [0.4, 0.5) is 20.2 Å². The highest BCUT2D eigenvalue weighted by atomic mass is 19.3.